The van der Waals surface area contributed by atoms with Gasteiger partial charge in [0.25, 0.3) is 5.91 Å². The lowest BCUT2D eigenvalue weighted by molar-refractivity contribution is 0.0779. The lowest BCUT2D eigenvalue weighted by Crippen LogP contribution is -2.33. The third kappa shape index (κ3) is 2.84. The molecule has 6 heteroatoms. The summed E-state index contributed by atoms with van der Waals surface area (Å²) in [6.07, 6.45) is 2.25. The van der Waals surface area contributed by atoms with Crippen molar-refractivity contribution in [2.24, 2.45) is 17.6 Å². The van der Waals surface area contributed by atoms with Crippen LogP contribution < -0.4 is 5.73 Å². The number of benzene rings is 1. The number of carbonyl (C=O) groups is 1. The fourth-order valence-electron chi connectivity index (χ4n) is 3.29. The molecule has 0 aromatic heterocycles. The molecule has 1 aliphatic carbocycles. The number of amides is 1. The van der Waals surface area contributed by atoms with E-state index in [1.165, 1.54) is 0 Å². The van der Waals surface area contributed by atoms with E-state index in [9.17, 15) is 4.79 Å². The van der Waals surface area contributed by atoms with Crippen LogP contribution in [-0.2, 0) is 0 Å². The van der Waals surface area contributed by atoms with Gasteiger partial charge in [0.15, 0.2) is 0 Å². The summed E-state index contributed by atoms with van der Waals surface area (Å²) in [6.45, 7) is 1.63. The van der Waals surface area contributed by atoms with Crippen molar-refractivity contribution in [1.82, 2.24) is 4.90 Å². The van der Waals surface area contributed by atoms with Gasteiger partial charge < -0.3 is 10.6 Å². The van der Waals surface area contributed by atoms with Crippen molar-refractivity contribution in [2.45, 2.75) is 18.9 Å². The zero-order valence-corrected chi connectivity index (χ0v) is 14.0. The van der Waals surface area contributed by atoms with Gasteiger partial charge in [0, 0.05) is 29.2 Å². The fourth-order valence-corrected chi connectivity index (χ4v) is 3.71. The average Bonchev–Trinajstić information content (AvgIpc) is 2.95. The van der Waals surface area contributed by atoms with Crippen LogP contribution in [0, 0.1) is 11.8 Å². The zero-order chi connectivity index (χ0) is 13.6. The minimum atomic E-state index is 0. The molecule has 3 rings (SSSR count). The maximum atomic E-state index is 12.5. The van der Waals surface area contributed by atoms with Crippen molar-refractivity contribution in [3.8, 4) is 0 Å². The SMILES string of the molecule is Cl.NC1CCC2CN(C(=O)c3ccc(Br)c(Cl)c3)CC12. The van der Waals surface area contributed by atoms with E-state index in [4.69, 9.17) is 17.3 Å². The Hall–Kier alpha value is -0.290. The fraction of sp³-hybridized carbons (Fsp3) is 0.500. The molecule has 20 heavy (non-hydrogen) atoms. The Balaban J connectivity index is 0.00000147. The molecule has 2 fully saturated rings. The highest BCUT2D eigenvalue weighted by Crippen LogP contribution is 2.37. The van der Waals surface area contributed by atoms with E-state index in [1.54, 1.807) is 6.07 Å². The van der Waals surface area contributed by atoms with E-state index in [0.29, 0.717) is 22.4 Å². The summed E-state index contributed by atoms with van der Waals surface area (Å²) in [7, 11) is 0. The van der Waals surface area contributed by atoms with E-state index < -0.39 is 0 Å². The first-order valence-corrected chi connectivity index (χ1v) is 7.73. The molecule has 1 aliphatic heterocycles. The Bertz CT molecular complexity index is 526. The second-order valence-corrected chi connectivity index (χ2v) is 6.77. The molecular formula is C14H17BrCl2N2O. The van der Waals surface area contributed by atoms with Crippen LogP contribution in [0.25, 0.3) is 0 Å². The first kappa shape index (κ1) is 16.1. The molecule has 1 aromatic carbocycles. The van der Waals surface area contributed by atoms with Gasteiger partial charge in [-0.2, -0.15) is 0 Å². The molecular weight excluding hydrogens is 363 g/mol. The Morgan fingerprint density at radius 1 is 1.35 bits per heavy atom. The molecule has 0 radical (unpaired) electrons. The van der Waals surface area contributed by atoms with Crippen LogP contribution in [0.2, 0.25) is 5.02 Å². The van der Waals surface area contributed by atoms with Crippen LogP contribution in [0.1, 0.15) is 23.2 Å². The average molecular weight is 380 g/mol. The predicted molar refractivity (Wildman–Crippen MR) is 86.5 cm³/mol. The van der Waals surface area contributed by atoms with Crippen molar-refractivity contribution < 1.29 is 4.79 Å². The quantitative estimate of drug-likeness (QED) is 0.813. The number of nitrogens with zero attached hydrogens (tertiary/aromatic N) is 1. The van der Waals surface area contributed by atoms with Gasteiger partial charge in [0.05, 0.1) is 5.02 Å². The molecule has 1 saturated carbocycles. The summed E-state index contributed by atoms with van der Waals surface area (Å²) >= 11 is 9.38. The van der Waals surface area contributed by atoms with E-state index in [-0.39, 0.29) is 24.4 Å². The van der Waals surface area contributed by atoms with Crippen LogP contribution in [0.4, 0.5) is 0 Å². The molecule has 1 saturated heterocycles. The highest BCUT2D eigenvalue weighted by Gasteiger charge is 2.42. The van der Waals surface area contributed by atoms with Gasteiger partial charge in [-0.05, 0) is 58.8 Å². The second-order valence-electron chi connectivity index (χ2n) is 5.50. The molecule has 2 N–H and O–H groups in total. The number of halogens is 3. The van der Waals surface area contributed by atoms with Gasteiger partial charge in [-0.3, -0.25) is 4.79 Å². The number of hydrogen-bond acceptors (Lipinski definition) is 2. The third-order valence-electron chi connectivity index (χ3n) is 4.37. The summed E-state index contributed by atoms with van der Waals surface area (Å²) in [4.78, 5) is 14.4. The normalized spacial score (nSPS) is 28.1. The molecule has 0 spiro atoms. The van der Waals surface area contributed by atoms with Crippen molar-refractivity contribution in [3.63, 3.8) is 0 Å². The summed E-state index contributed by atoms with van der Waals surface area (Å²) in [6, 6.07) is 5.61. The van der Waals surface area contributed by atoms with Crippen molar-refractivity contribution >= 4 is 45.8 Å². The summed E-state index contributed by atoms with van der Waals surface area (Å²) in [5, 5.41) is 0.571. The van der Waals surface area contributed by atoms with Gasteiger partial charge in [0.1, 0.15) is 0 Å². The molecule has 3 unspecified atom stereocenters. The monoisotopic (exact) mass is 378 g/mol. The molecule has 110 valence electrons. The van der Waals surface area contributed by atoms with Crippen LogP contribution in [0.3, 0.4) is 0 Å². The minimum Gasteiger partial charge on any atom is -0.338 e. The first-order chi connectivity index (χ1) is 9.06. The number of hydrogen-bond donors (Lipinski definition) is 1. The van der Waals surface area contributed by atoms with Gasteiger partial charge in [0.2, 0.25) is 0 Å². The van der Waals surface area contributed by atoms with Crippen LogP contribution in [-0.4, -0.2) is 29.9 Å². The van der Waals surface area contributed by atoms with Gasteiger partial charge >= 0.3 is 0 Å². The minimum absolute atomic E-state index is 0. The Morgan fingerprint density at radius 2 is 2.10 bits per heavy atom. The van der Waals surface area contributed by atoms with Crippen LogP contribution in [0.5, 0.6) is 0 Å². The van der Waals surface area contributed by atoms with Gasteiger partial charge in [-0.15, -0.1) is 12.4 Å². The molecule has 1 aromatic rings. The predicted octanol–water partition coefficient (Wildman–Crippen LogP) is 3.33. The summed E-state index contributed by atoms with van der Waals surface area (Å²) in [5.74, 6) is 1.13. The Morgan fingerprint density at radius 3 is 2.75 bits per heavy atom. The maximum Gasteiger partial charge on any atom is 0.253 e. The summed E-state index contributed by atoms with van der Waals surface area (Å²) in [5.41, 5.74) is 6.75. The number of fused-ring (bicyclic) bond motifs is 1. The highest BCUT2D eigenvalue weighted by molar-refractivity contribution is 9.10. The zero-order valence-electron chi connectivity index (χ0n) is 10.9. The highest BCUT2D eigenvalue weighted by atomic mass is 79.9. The molecule has 3 nitrogen and oxygen atoms in total. The molecule has 2 aliphatic rings. The largest absolute Gasteiger partial charge is 0.338 e. The third-order valence-corrected chi connectivity index (χ3v) is 5.60. The smallest absolute Gasteiger partial charge is 0.253 e. The molecule has 1 heterocycles. The van der Waals surface area contributed by atoms with Crippen molar-refractivity contribution in [3.05, 3.63) is 33.3 Å². The number of nitrogens with two attached hydrogens (primary N) is 1. The van der Waals surface area contributed by atoms with Crippen molar-refractivity contribution in [2.75, 3.05) is 13.1 Å². The number of likely N-dealkylation sites (tertiary alicyclic amines) is 1. The number of carbonyl (C=O) groups excluding carboxylic acids is 1. The number of rotatable bonds is 1. The van der Waals surface area contributed by atoms with E-state index in [0.717, 1.165) is 30.4 Å². The lowest BCUT2D eigenvalue weighted by atomic mass is 9.98. The van der Waals surface area contributed by atoms with E-state index in [1.807, 2.05) is 17.0 Å². The first-order valence-electron chi connectivity index (χ1n) is 6.56. The van der Waals surface area contributed by atoms with E-state index >= 15 is 0 Å². The van der Waals surface area contributed by atoms with Crippen molar-refractivity contribution in [1.29, 1.82) is 0 Å². The maximum absolute atomic E-state index is 12.5. The Labute approximate surface area is 138 Å². The van der Waals surface area contributed by atoms with E-state index in [2.05, 4.69) is 15.9 Å². The van der Waals surface area contributed by atoms with Crippen LogP contribution in [0.15, 0.2) is 22.7 Å². The van der Waals surface area contributed by atoms with Gasteiger partial charge in [-0.25, -0.2) is 0 Å². The molecule has 0 bridgehead atoms. The van der Waals surface area contributed by atoms with Gasteiger partial charge in [-0.1, -0.05) is 11.6 Å². The lowest BCUT2D eigenvalue weighted by Gasteiger charge is -2.19. The topological polar surface area (TPSA) is 46.3 Å². The summed E-state index contributed by atoms with van der Waals surface area (Å²) < 4.78 is 0.811. The second kappa shape index (κ2) is 6.22. The van der Waals surface area contributed by atoms with Crippen LogP contribution >= 0.6 is 39.9 Å². The Kier molecular flexibility index (Phi) is 5.00. The molecule has 3 atom stereocenters. The standard InChI is InChI=1S/C14H16BrClN2O.ClH/c15-11-3-1-8(5-12(11)16)14(19)18-6-9-2-4-13(17)10(9)7-18;/h1,3,5,9-10,13H,2,4,6-7,17H2;1H. The molecule has 1 amide bonds.